The van der Waals surface area contributed by atoms with E-state index in [9.17, 15) is 0 Å². The summed E-state index contributed by atoms with van der Waals surface area (Å²) in [6.45, 7) is 1.99. The average Bonchev–Trinajstić information content (AvgIpc) is 3.24. The molecule has 0 unspecified atom stereocenters. The Kier molecular flexibility index (Phi) is 3.36. The van der Waals surface area contributed by atoms with E-state index in [4.69, 9.17) is 4.74 Å². The van der Waals surface area contributed by atoms with E-state index in [-0.39, 0.29) is 6.10 Å². The third-order valence-corrected chi connectivity index (χ3v) is 5.08. The number of thiophene rings is 1. The summed E-state index contributed by atoms with van der Waals surface area (Å²) in [6, 6.07) is 13.8. The fourth-order valence-electron chi connectivity index (χ4n) is 2.11. The zero-order chi connectivity index (χ0) is 14.9. The van der Waals surface area contributed by atoms with Gasteiger partial charge in [0.15, 0.2) is 10.8 Å². The lowest BCUT2D eigenvalue weighted by Crippen LogP contribution is -2.03. The molecule has 7 heteroatoms. The molecule has 0 fully saturated rings. The molecule has 3 aromatic heterocycles. The van der Waals surface area contributed by atoms with Gasteiger partial charge < -0.3 is 4.74 Å². The second kappa shape index (κ2) is 5.51. The van der Waals surface area contributed by atoms with Crippen molar-refractivity contribution in [2.75, 3.05) is 0 Å². The van der Waals surface area contributed by atoms with E-state index in [0.29, 0.717) is 0 Å². The van der Waals surface area contributed by atoms with Crippen molar-refractivity contribution in [3.8, 4) is 16.5 Å². The topological polar surface area (TPSA) is 52.3 Å². The summed E-state index contributed by atoms with van der Waals surface area (Å²) in [5.74, 6) is 1.61. The van der Waals surface area contributed by atoms with Gasteiger partial charge in [-0.2, -0.15) is 9.61 Å². The lowest BCUT2D eigenvalue weighted by molar-refractivity contribution is 0.225. The summed E-state index contributed by atoms with van der Waals surface area (Å²) in [5, 5.41) is 15.9. The molecule has 0 aliphatic carbocycles. The van der Waals surface area contributed by atoms with Crippen LogP contribution in [0.4, 0.5) is 0 Å². The maximum absolute atomic E-state index is 5.92. The minimum Gasteiger partial charge on any atom is -0.483 e. The Bertz CT molecular complexity index is 883. The van der Waals surface area contributed by atoms with Crippen molar-refractivity contribution in [1.29, 1.82) is 0 Å². The Morgan fingerprint density at radius 2 is 1.95 bits per heavy atom. The van der Waals surface area contributed by atoms with Gasteiger partial charge in [0.2, 0.25) is 4.96 Å². The zero-order valence-corrected chi connectivity index (χ0v) is 13.3. The number of para-hydroxylation sites is 1. The molecule has 4 rings (SSSR count). The maximum atomic E-state index is 5.92. The highest BCUT2D eigenvalue weighted by atomic mass is 32.1. The number of nitrogens with zero attached hydrogens (tertiary/aromatic N) is 4. The van der Waals surface area contributed by atoms with Crippen LogP contribution >= 0.6 is 22.7 Å². The van der Waals surface area contributed by atoms with Crippen LogP contribution in [0.5, 0.6) is 5.75 Å². The fraction of sp³-hybridized carbons (Fsp3) is 0.133. The van der Waals surface area contributed by atoms with E-state index in [1.54, 1.807) is 15.9 Å². The van der Waals surface area contributed by atoms with Gasteiger partial charge >= 0.3 is 0 Å². The first kappa shape index (κ1) is 13.4. The molecule has 4 aromatic rings. The van der Waals surface area contributed by atoms with Gasteiger partial charge in [0, 0.05) is 0 Å². The van der Waals surface area contributed by atoms with Crippen LogP contribution < -0.4 is 4.74 Å². The molecule has 0 spiro atoms. The van der Waals surface area contributed by atoms with Crippen molar-refractivity contribution in [2.45, 2.75) is 13.0 Å². The quantitative estimate of drug-likeness (QED) is 0.567. The molecule has 0 bridgehead atoms. The van der Waals surface area contributed by atoms with E-state index in [1.165, 1.54) is 11.3 Å². The van der Waals surface area contributed by atoms with Crippen LogP contribution in [0.15, 0.2) is 47.8 Å². The molecular formula is C15H12N4OS2. The molecular weight excluding hydrogens is 316 g/mol. The first-order valence-electron chi connectivity index (χ1n) is 6.79. The van der Waals surface area contributed by atoms with Crippen LogP contribution in [-0.2, 0) is 0 Å². The molecule has 22 heavy (non-hydrogen) atoms. The van der Waals surface area contributed by atoms with Gasteiger partial charge in [0.25, 0.3) is 0 Å². The molecule has 0 aliphatic heterocycles. The minimum absolute atomic E-state index is 0.134. The zero-order valence-electron chi connectivity index (χ0n) is 11.7. The maximum Gasteiger partial charge on any atom is 0.235 e. The highest BCUT2D eigenvalue weighted by molar-refractivity contribution is 7.16. The number of hydrogen-bond donors (Lipinski definition) is 0. The molecule has 0 amide bonds. The molecule has 0 radical (unpaired) electrons. The van der Waals surface area contributed by atoms with E-state index in [2.05, 4.69) is 15.3 Å². The lowest BCUT2D eigenvalue weighted by Gasteiger charge is -2.11. The van der Waals surface area contributed by atoms with Crippen molar-refractivity contribution in [1.82, 2.24) is 19.8 Å². The lowest BCUT2D eigenvalue weighted by atomic mass is 10.3. The number of ether oxygens (including phenoxy) is 1. The van der Waals surface area contributed by atoms with E-state index >= 15 is 0 Å². The number of fused-ring (bicyclic) bond motifs is 1. The number of hydrogen-bond acceptors (Lipinski definition) is 6. The van der Waals surface area contributed by atoms with Crippen LogP contribution in [0.25, 0.3) is 15.7 Å². The molecule has 1 atom stereocenters. The predicted octanol–water partition coefficient (Wildman–Crippen LogP) is 4.05. The number of aromatic nitrogens is 4. The Morgan fingerprint density at radius 3 is 2.73 bits per heavy atom. The molecule has 0 saturated carbocycles. The van der Waals surface area contributed by atoms with Crippen LogP contribution in [0.3, 0.4) is 0 Å². The molecule has 3 heterocycles. The second-order valence-corrected chi connectivity index (χ2v) is 6.64. The normalized spacial score (nSPS) is 12.6. The monoisotopic (exact) mass is 328 g/mol. The SMILES string of the molecule is C[C@@H](Oc1ccccc1)c1nn2c(-c3cccs3)nnc2s1. The molecule has 1 aromatic carbocycles. The molecule has 0 N–H and O–H groups in total. The summed E-state index contributed by atoms with van der Waals surface area (Å²) in [7, 11) is 0. The van der Waals surface area contributed by atoms with E-state index < -0.39 is 0 Å². The van der Waals surface area contributed by atoms with Crippen LogP contribution in [0.2, 0.25) is 0 Å². The minimum atomic E-state index is -0.134. The first-order valence-corrected chi connectivity index (χ1v) is 8.48. The third kappa shape index (κ3) is 2.38. The van der Waals surface area contributed by atoms with Gasteiger partial charge in [-0.25, -0.2) is 0 Å². The molecule has 0 saturated heterocycles. The Balaban J connectivity index is 1.65. The largest absolute Gasteiger partial charge is 0.483 e. The third-order valence-electron chi connectivity index (χ3n) is 3.15. The highest BCUT2D eigenvalue weighted by Crippen LogP contribution is 2.29. The smallest absolute Gasteiger partial charge is 0.235 e. The van der Waals surface area contributed by atoms with Crippen LogP contribution in [0, 0.1) is 0 Å². The van der Waals surface area contributed by atoms with Crippen LogP contribution in [0.1, 0.15) is 18.0 Å². The van der Waals surface area contributed by atoms with Gasteiger partial charge in [-0.3, -0.25) is 0 Å². The van der Waals surface area contributed by atoms with E-state index in [1.807, 2.05) is 54.8 Å². The predicted molar refractivity (Wildman–Crippen MR) is 87.5 cm³/mol. The van der Waals surface area contributed by atoms with Crippen molar-refractivity contribution < 1.29 is 4.74 Å². The Labute approximate surface area is 134 Å². The van der Waals surface area contributed by atoms with Gasteiger partial charge in [-0.05, 0) is 30.5 Å². The summed E-state index contributed by atoms with van der Waals surface area (Å²) in [4.78, 5) is 1.84. The van der Waals surface area contributed by atoms with Crippen molar-refractivity contribution >= 4 is 27.6 Å². The molecule has 110 valence electrons. The van der Waals surface area contributed by atoms with Gasteiger partial charge in [-0.1, -0.05) is 35.6 Å². The summed E-state index contributed by atoms with van der Waals surface area (Å²) < 4.78 is 7.71. The summed E-state index contributed by atoms with van der Waals surface area (Å²) in [6.07, 6.45) is -0.134. The van der Waals surface area contributed by atoms with Crippen LogP contribution in [-0.4, -0.2) is 19.8 Å². The van der Waals surface area contributed by atoms with Gasteiger partial charge in [0.1, 0.15) is 11.9 Å². The number of rotatable bonds is 4. The second-order valence-electron chi connectivity index (χ2n) is 4.71. The Hall–Kier alpha value is -2.25. The standard InChI is InChI=1S/C15H12N4OS2/c1-10(20-11-6-3-2-4-7-11)14-18-19-13(12-8-5-9-21-12)16-17-15(19)22-14/h2-10H,1H3/t10-/m1/s1. The van der Waals surface area contributed by atoms with Crippen molar-refractivity contribution in [3.63, 3.8) is 0 Å². The van der Waals surface area contributed by atoms with Crippen molar-refractivity contribution in [2.24, 2.45) is 0 Å². The van der Waals surface area contributed by atoms with Gasteiger partial charge in [-0.15, -0.1) is 21.5 Å². The molecule has 0 aliphatic rings. The summed E-state index contributed by atoms with van der Waals surface area (Å²) in [5.41, 5.74) is 0. The fourth-order valence-corrected chi connectivity index (χ4v) is 3.62. The average molecular weight is 328 g/mol. The van der Waals surface area contributed by atoms with Crippen molar-refractivity contribution in [3.05, 3.63) is 52.9 Å². The van der Waals surface area contributed by atoms with E-state index in [0.717, 1.165) is 26.4 Å². The summed E-state index contributed by atoms with van der Waals surface area (Å²) >= 11 is 3.13. The highest BCUT2D eigenvalue weighted by Gasteiger charge is 2.18. The van der Waals surface area contributed by atoms with Gasteiger partial charge in [0.05, 0.1) is 4.88 Å². The number of benzene rings is 1. The first-order chi connectivity index (χ1) is 10.8. The molecule has 5 nitrogen and oxygen atoms in total. The Morgan fingerprint density at radius 1 is 1.09 bits per heavy atom.